The van der Waals surface area contributed by atoms with Gasteiger partial charge in [-0.2, -0.15) is 0 Å². The van der Waals surface area contributed by atoms with Crippen molar-refractivity contribution in [2.75, 3.05) is 6.54 Å². The Morgan fingerprint density at radius 3 is 2.88 bits per heavy atom. The molecule has 1 N–H and O–H groups in total. The Hall–Kier alpha value is -1.68. The summed E-state index contributed by atoms with van der Waals surface area (Å²) in [7, 11) is 0. The number of amides is 1. The van der Waals surface area contributed by atoms with Gasteiger partial charge in [-0.1, -0.05) is 36.5 Å². The molecule has 0 radical (unpaired) electrons. The molecule has 0 bridgehead atoms. The molecule has 1 aromatic carbocycles. The van der Waals surface area contributed by atoms with Gasteiger partial charge in [0.25, 0.3) is 5.91 Å². The van der Waals surface area contributed by atoms with Crippen molar-refractivity contribution in [1.82, 2.24) is 5.32 Å². The molecular weight excluding hydrogens is 234 g/mol. The summed E-state index contributed by atoms with van der Waals surface area (Å²) < 4.78 is -0.0650. The zero-order chi connectivity index (χ0) is 12.3. The van der Waals surface area contributed by atoms with Crippen molar-refractivity contribution in [2.24, 2.45) is 0 Å². The molecule has 0 saturated carbocycles. The summed E-state index contributed by atoms with van der Waals surface area (Å²) in [5.74, 6) is -0.167. The molecule has 0 atom stereocenters. The summed E-state index contributed by atoms with van der Waals surface area (Å²) in [5.41, 5.74) is 0. The molecule has 0 spiro atoms. The Morgan fingerprint density at radius 2 is 2.12 bits per heavy atom. The van der Waals surface area contributed by atoms with Crippen LogP contribution in [0.2, 0.25) is 0 Å². The van der Waals surface area contributed by atoms with E-state index in [4.69, 9.17) is 0 Å². The second-order valence-electron chi connectivity index (χ2n) is 3.74. The van der Waals surface area contributed by atoms with Crippen LogP contribution in [-0.4, -0.2) is 12.5 Å². The highest BCUT2D eigenvalue weighted by Gasteiger charge is 2.08. The number of carbonyl (C=O) groups excluding carboxylic acids is 1. The fourth-order valence-electron chi connectivity index (χ4n) is 1.57. The van der Waals surface area contributed by atoms with Crippen LogP contribution in [-0.2, 0) is 0 Å². The minimum atomic E-state index is -0.167. The van der Waals surface area contributed by atoms with Gasteiger partial charge in [0.15, 0.2) is 0 Å². The monoisotopic (exact) mass is 247 g/mol. The summed E-state index contributed by atoms with van der Waals surface area (Å²) >= 11 is 0.998. The van der Waals surface area contributed by atoms with Crippen molar-refractivity contribution in [3.63, 3.8) is 0 Å². The first kappa shape index (κ1) is 11.8. The molecule has 3 nitrogen and oxygen atoms in total. The highest BCUT2D eigenvalue weighted by molar-refractivity contribution is 7.12. The molecule has 2 aromatic rings. The van der Waals surface area contributed by atoms with E-state index in [1.54, 1.807) is 12.1 Å². The number of benzene rings is 1. The third-order valence-electron chi connectivity index (χ3n) is 2.43. The van der Waals surface area contributed by atoms with Gasteiger partial charge in [0.1, 0.15) is 0 Å². The van der Waals surface area contributed by atoms with Gasteiger partial charge in [-0.15, -0.1) is 0 Å². The zero-order valence-electron chi connectivity index (χ0n) is 9.53. The van der Waals surface area contributed by atoms with Gasteiger partial charge in [0.05, 0.1) is 4.88 Å². The lowest BCUT2D eigenvalue weighted by atomic mass is 10.2. The van der Waals surface area contributed by atoms with Gasteiger partial charge in [0.2, 0.25) is 4.74 Å². The molecule has 0 unspecified atom stereocenters. The van der Waals surface area contributed by atoms with Crippen LogP contribution in [0.15, 0.2) is 35.1 Å². The molecule has 0 fully saturated rings. The van der Waals surface area contributed by atoms with Crippen LogP contribution < -0.4 is 10.1 Å². The minimum Gasteiger partial charge on any atom is -0.351 e. The van der Waals surface area contributed by atoms with E-state index >= 15 is 0 Å². The molecule has 1 aromatic heterocycles. The van der Waals surface area contributed by atoms with Crippen LogP contribution in [0.3, 0.4) is 0 Å². The molecule has 0 saturated heterocycles. The number of hydrogen-bond donors (Lipinski definition) is 1. The molecule has 2 rings (SSSR count). The third-order valence-corrected chi connectivity index (χ3v) is 3.36. The van der Waals surface area contributed by atoms with Crippen molar-refractivity contribution in [3.05, 3.63) is 44.7 Å². The molecule has 0 aliphatic carbocycles. The summed E-state index contributed by atoms with van der Waals surface area (Å²) in [6.45, 7) is 2.62. The summed E-state index contributed by atoms with van der Waals surface area (Å²) in [4.78, 5) is 24.1. The summed E-state index contributed by atoms with van der Waals surface area (Å²) in [6.07, 6.45) is 0.883. The average molecular weight is 247 g/mol. The Kier molecular flexibility index (Phi) is 3.54. The fraction of sp³-hybridized carbons (Fsp3) is 0.231. The Morgan fingerprint density at radius 1 is 1.35 bits per heavy atom. The van der Waals surface area contributed by atoms with Gasteiger partial charge in [-0.05, 0) is 23.9 Å². The van der Waals surface area contributed by atoms with E-state index in [2.05, 4.69) is 5.32 Å². The van der Waals surface area contributed by atoms with Crippen LogP contribution in [0.4, 0.5) is 0 Å². The van der Waals surface area contributed by atoms with E-state index in [-0.39, 0.29) is 10.6 Å². The van der Waals surface area contributed by atoms with Gasteiger partial charge in [0, 0.05) is 11.9 Å². The predicted molar refractivity (Wildman–Crippen MR) is 70.7 cm³/mol. The highest BCUT2D eigenvalue weighted by Crippen LogP contribution is 2.14. The third kappa shape index (κ3) is 2.53. The number of fused-ring (bicyclic) bond motifs is 1. The van der Waals surface area contributed by atoms with Crippen LogP contribution in [0, 0.1) is 0 Å². The Balaban J connectivity index is 2.43. The summed E-state index contributed by atoms with van der Waals surface area (Å²) in [5, 5.41) is 4.26. The first-order valence-corrected chi connectivity index (χ1v) is 6.35. The maximum Gasteiger partial charge on any atom is 0.261 e. The largest absolute Gasteiger partial charge is 0.351 e. The van der Waals surface area contributed by atoms with Crippen LogP contribution >= 0.6 is 11.3 Å². The average Bonchev–Trinajstić information content (AvgIpc) is 2.36. The normalized spacial score (nSPS) is 10.4. The van der Waals surface area contributed by atoms with Crippen LogP contribution in [0.1, 0.15) is 23.0 Å². The van der Waals surface area contributed by atoms with E-state index in [0.29, 0.717) is 16.8 Å². The fourth-order valence-corrected chi connectivity index (χ4v) is 2.42. The first-order chi connectivity index (χ1) is 8.22. The van der Waals surface area contributed by atoms with Gasteiger partial charge >= 0.3 is 0 Å². The van der Waals surface area contributed by atoms with Crippen molar-refractivity contribution in [2.45, 2.75) is 13.3 Å². The smallest absolute Gasteiger partial charge is 0.261 e. The van der Waals surface area contributed by atoms with Crippen LogP contribution in [0.5, 0.6) is 0 Å². The molecule has 88 valence electrons. The Labute approximate surface area is 103 Å². The second-order valence-corrected chi connectivity index (χ2v) is 4.76. The van der Waals surface area contributed by atoms with Crippen molar-refractivity contribution in [1.29, 1.82) is 0 Å². The van der Waals surface area contributed by atoms with E-state index in [0.717, 1.165) is 23.1 Å². The number of hydrogen-bond acceptors (Lipinski definition) is 3. The molecule has 0 aliphatic rings. The lowest BCUT2D eigenvalue weighted by Gasteiger charge is -2.03. The zero-order valence-corrected chi connectivity index (χ0v) is 10.3. The maximum absolute atomic E-state index is 11.8. The molecule has 17 heavy (non-hydrogen) atoms. The predicted octanol–water partition coefficient (Wildman–Crippen LogP) is 2.40. The maximum atomic E-state index is 11.8. The second kappa shape index (κ2) is 5.10. The van der Waals surface area contributed by atoms with E-state index in [9.17, 15) is 9.59 Å². The lowest BCUT2D eigenvalue weighted by molar-refractivity contribution is 0.0957. The number of carbonyl (C=O) groups is 1. The van der Waals surface area contributed by atoms with Gasteiger partial charge in [-0.25, -0.2) is 0 Å². The van der Waals surface area contributed by atoms with Crippen molar-refractivity contribution >= 4 is 28.0 Å². The quantitative estimate of drug-likeness (QED) is 0.905. The van der Waals surface area contributed by atoms with Crippen LogP contribution in [0.25, 0.3) is 10.8 Å². The number of rotatable bonds is 3. The minimum absolute atomic E-state index is 0.0650. The number of nitrogens with one attached hydrogen (secondary N) is 1. The van der Waals surface area contributed by atoms with E-state index in [1.807, 2.05) is 25.1 Å². The van der Waals surface area contributed by atoms with E-state index in [1.165, 1.54) is 0 Å². The molecular formula is C13H13NO2S. The topological polar surface area (TPSA) is 46.2 Å². The standard InChI is InChI=1S/C13H13NO2S/c1-2-7-14-12(15)11-8-9-5-3-4-6-10(9)13(16)17-11/h3-6,8H,2,7H2,1H3,(H,14,15). The SMILES string of the molecule is CCCNC(=O)c1cc2ccccc2c(=O)s1. The molecule has 1 amide bonds. The lowest BCUT2D eigenvalue weighted by Crippen LogP contribution is -2.24. The summed E-state index contributed by atoms with van der Waals surface area (Å²) in [6, 6.07) is 9.09. The molecule has 0 aliphatic heterocycles. The van der Waals surface area contributed by atoms with Gasteiger partial charge < -0.3 is 5.32 Å². The first-order valence-electron chi connectivity index (χ1n) is 5.53. The van der Waals surface area contributed by atoms with Gasteiger partial charge in [-0.3, -0.25) is 9.59 Å². The molecule has 4 heteroatoms. The Bertz CT molecular complexity index is 604. The molecule has 1 heterocycles. The van der Waals surface area contributed by atoms with E-state index < -0.39 is 0 Å². The highest BCUT2D eigenvalue weighted by atomic mass is 32.1. The van der Waals surface area contributed by atoms with Crippen molar-refractivity contribution < 1.29 is 4.79 Å². The van der Waals surface area contributed by atoms with Crippen molar-refractivity contribution in [3.8, 4) is 0 Å².